The molecular weight excluding hydrogens is 228 g/mol. The molecule has 0 aliphatic carbocycles. The topological polar surface area (TPSA) is 59.5 Å². The fourth-order valence-corrected chi connectivity index (χ4v) is 2.33. The number of furan rings is 1. The van der Waals surface area contributed by atoms with E-state index in [4.69, 9.17) is 10.2 Å². The van der Waals surface area contributed by atoms with Gasteiger partial charge < -0.3 is 15.1 Å². The van der Waals surface area contributed by atoms with Crippen molar-refractivity contribution in [2.75, 3.05) is 13.1 Å². The largest absolute Gasteiger partial charge is 0.465 e. The molecule has 1 aliphatic rings. The van der Waals surface area contributed by atoms with Crippen molar-refractivity contribution >= 4 is 12.0 Å². The van der Waals surface area contributed by atoms with Crippen LogP contribution in [0, 0.1) is 5.92 Å². The molecule has 0 bridgehead atoms. The van der Waals surface area contributed by atoms with E-state index in [9.17, 15) is 4.79 Å². The second-order valence-electron chi connectivity index (χ2n) is 4.75. The maximum Gasteiger partial charge on any atom is 0.246 e. The summed E-state index contributed by atoms with van der Waals surface area (Å²) in [5, 5.41) is 0. The Labute approximate surface area is 107 Å². The van der Waals surface area contributed by atoms with E-state index >= 15 is 0 Å². The second-order valence-corrected chi connectivity index (χ2v) is 4.75. The van der Waals surface area contributed by atoms with Crippen LogP contribution in [0.2, 0.25) is 0 Å². The van der Waals surface area contributed by atoms with E-state index in [0.29, 0.717) is 11.7 Å². The van der Waals surface area contributed by atoms with Gasteiger partial charge in [-0.05, 0) is 30.5 Å². The van der Waals surface area contributed by atoms with Gasteiger partial charge in [-0.2, -0.15) is 0 Å². The normalized spacial score (nSPS) is 24.7. The number of rotatable bonds is 3. The molecule has 1 aliphatic heterocycles. The lowest BCUT2D eigenvalue weighted by Crippen LogP contribution is -2.48. The lowest BCUT2D eigenvalue weighted by atomic mass is 9.91. The maximum absolute atomic E-state index is 12.0. The number of carbonyl (C=O) groups is 1. The quantitative estimate of drug-likeness (QED) is 0.831. The fourth-order valence-electron chi connectivity index (χ4n) is 2.33. The molecule has 1 saturated heterocycles. The standard InChI is InChI=1S/C14H20N2O2/c1-2-11-10-16(8-7-13(11)15)14(17)6-5-12-4-3-9-18-12/h3-6,9,11,13H,2,7-8,10,15H2,1H3/b6-5+. The summed E-state index contributed by atoms with van der Waals surface area (Å²) in [6, 6.07) is 3.86. The summed E-state index contributed by atoms with van der Waals surface area (Å²) >= 11 is 0. The summed E-state index contributed by atoms with van der Waals surface area (Å²) in [6.45, 7) is 3.63. The van der Waals surface area contributed by atoms with Gasteiger partial charge in [-0.3, -0.25) is 4.79 Å². The predicted molar refractivity (Wildman–Crippen MR) is 70.7 cm³/mol. The van der Waals surface area contributed by atoms with Gasteiger partial charge in [0.05, 0.1) is 6.26 Å². The maximum atomic E-state index is 12.0. The third kappa shape index (κ3) is 3.01. The molecule has 1 amide bonds. The van der Waals surface area contributed by atoms with Crippen molar-refractivity contribution in [1.82, 2.24) is 4.90 Å². The van der Waals surface area contributed by atoms with Crippen LogP contribution in [0.3, 0.4) is 0 Å². The van der Waals surface area contributed by atoms with Gasteiger partial charge >= 0.3 is 0 Å². The van der Waals surface area contributed by atoms with Gasteiger partial charge in [-0.25, -0.2) is 0 Å². The molecule has 2 atom stereocenters. The van der Waals surface area contributed by atoms with Crippen LogP contribution >= 0.6 is 0 Å². The van der Waals surface area contributed by atoms with Crippen molar-refractivity contribution in [3.63, 3.8) is 0 Å². The average molecular weight is 248 g/mol. The highest BCUT2D eigenvalue weighted by Gasteiger charge is 2.26. The number of nitrogens with zero attached hydrogens (tertiary/aromatic N) is 1. The molecule has 4 nitrogen and oxygen atoms in total. The zero-order valence-electron chi connectivity index (χ0n) is 10.7. The van der Waals surface area contributed by atoms with Crippen LogP contribution in [0.5, 0.6) is 0 Å². The molecule has 4 heteroatoms. The molecule has 1 aromatic heterocycles. The smallest absolute Gasteiger partial charge is 0.246 e. The molecule has 0 spiro atoms. The van der Waals surface area contributed by atoms with Crippen molar-refractivity contribution < 1.29 is 9.21 Å². The van der Waals surface area contributed by atoms with Crippen LogP contribution in [0.25, 0.3) is 6.08 Å². The minimum atomic E-state index is 0.0387. The summed E-state index contributed by atoms with van der Waals surface area (Å²) in [4.78, 5) is 13.9. The van der Waals surface area contributed by atoms with Crippen molar-refractivity contribution in [3.05, 3.63) is 30.2 Å². The molecule has 18 heavy (non-hydrogen) atoms. The Hall–Kier alpha value is -1.55. The molecule has 2 N–H and O–H groups in total. The third-order valence-electron chi connectivity index (χ3n) is 3.56. The predicted octanol–water partition coefficient (Wildman–Crippen LogP) is 1.88. The molecule has 2 rings (SSSR count). The van der Waals surface area contributed by atoms with Gasteiger partial charge in [0.15, 0.2) is 0 Å². The Kier molecular flexibility index (Phi) is 4.20. The van der Waals surface area contributed by atoms with E-state index in [1.807, 2.05) is 11.0 Å². The van der Waals surface area contributed by atoms with E-state index in [0.717, 1.165) is 25.9 Å². The first-order valence-corrected chi connectivity index (χ1v) is 6.46. The van der Waals surface area contributed by atoms with Crippen molar-refractivity contribution in [2.24, 2.45) is 11.7 Å². The fraction of sp³-hybridized carbons (Fsp3) is 0.500. The van der Waals surface area contributed by atoms with Gasteiger partial charge in [0, 0.05) is 25.2 Å². The van der Waals surface area contributed by atoms with Crippen LogP contribution in [0.15, 0.2) is 28.9 Å². The van der Waals surface area contributed by atoms with E-state index in [1.165, 1.54) is 0 Å². The van der Waals surface area contributed by atoms with E-state index in [-0.39, 0.29) is 11.9 Å². The van der Waals surface area contributed by atoms with Gasteiger partial charge in [0.25, 0.3) is 0 Å². The first kappa shape index (κ1) is 12.9. The summed E-state index contributed by atoms with van der Waals surface area (Å²) in [5.41, 5.74) is 6.03. The highest BCUT2D eigenvalue weighted by Crippen LogP contribution is 2.18. The summed E-state index contributed by atoms with van der Waals surface area (Å²) in [5.74, 6) is 1.15. The molecule has 1 fully saturated rings. The van der Waals surface area contributed by atoms with E-state index in [2.05, 4.69) is 6.92 Å². The molecule has 0 saturated carbocycles. The third-order valence-corrected chi connectivity index (χ3v) is 3.56. The minimum absolute atomic E-state index is 0.0387. The number of nitrogens with two attached hydrogens (primary N) is 1. The zero-order chi connectivity index (χ0) is 13.0. The minimum Gasteiger partial charge on any atom is -0.465 e. The monoisotopic (exact) mass is 248 g/mol. The molecule has 0 aromatic carbocycles. The molecule has 2 heterocycles. The zero-order valence-corrected chi connectivity index (χ0v) is 10.7. The number of amides is 1. The first-order valence-electron chi connectivity index (χ1n) is 6.46. The van der Waals surface area contributed by atoms with Crippen LogP contribution < -0.4 is 5.73 Å². The van der Waals surface area contributed by atoms with Crippen LogP contribution in [0.1, 0.15) is 25.5 Å². The molecule has 0 radical (unpaired) electrons. The van der Waals surface area contributed by atoms with E-state index < -0.39 is 0 Å². The summed E-state index contributed by atoms with van der Waals surface area (Å²) in [7, 11) is 0. The summed E-state index contributed by atoms with van der Waals surface area (Å²) in [6.07, 6.45) is 6.78. The lowest BCUT2D eigenvalue weighted by Gasteiger charge is -2.36. The highest BCUT2D eigenvalue weighted by molar-refractivity contribution is 5.91. The van der Waals surface area contributed by atoms with Gasteiger partial charge in [0.2, 0.25) is 5.91 Å². The Morgan fingerprint density at radius 1 is 1.67 bits per heavy atom. The lowest BCUT2D eigenvalue weighted by molar-refractivity contribution is -0.127. The molecule has 2 unspecified atom stereocenters. The SMILES string of the molecule is CCC1CN(C(=O)/C=C/c2ccco2)CCC1N. The number of piperidine rings is 1. The van der Waals surface area contributed by atoms with Gasteiger partial charge in [-0.1, -0.05) is 13.3 Å². The molecular formula is C14H20N2O2. The highest BCUT2D eigenvalue weighted by atomic mass is 16.3. The second kappa shape index (κ2) is 5.87. The van der Waals surface area contributed by atoms with Crippen molar-refractivity contribution in [3.8, 4) is 0 Å². The Bertz CT molecular complexity index is 411. The van der Waals surface area contributed by atoms with E-state index in [1.54, 1.807) is 24.5 Å². The van der Waals surface area contributed by atoms with Crippen LogP contribution in [-0.4, -0.2) is 29.9 Å². The Morgan fingerprint density at radius 3 is 3.17 bits per heavy atom. The number of likely N-dealkylation sites (tertiary alicyclic amines) is 1. The van der Waals surface area contributed by atoms with Crippen molar-refractivity contribution in [2.45, 2.75) is 25.8 Å². The average Bonchev–Trinajstić information content (AvgIpc) is 2.89. The number of hydrogen-bond donors (Lipinski definition) is 1. The van der Waals surface area contributed by atoms with Gasteiger partial charge in [-0.15, -0.1) is 0 Å². The number of hydrogen-bond acceptors (Lipinski definition) is 3. The first-order chi connectivity index (χ1) is 8.70. The van der Waals surface area contributed by atoms with Gasteiger partial charge in [0.1, 0.15) is 5.76 Å². The van der Waals surface area contributed by atoms with Crippen LogP contribution in [-0.2, 0) is 4.79 Å². The molecule has 98 valence electrons. The van der Waals surface area contributed by atoms with Crippen LogP contribution in [0.4, 0.5) is 0 Å². The Morgan fingerprint density at radius 2 is 2.50 bits per heavy atom. The van der Waals surface area contributed by atoms with Crippen molar-refractivity contribution in [1.29, 1.82) is 0 Å². The summed E-state index contributed by atoms with van der Waals surface area (Å²) < 4.78 is 5.15. The molecule has 1 aromatic rings. The number of carbonyl (C=O) groups excluding carboxylic acids is 1. The Balaban J connectivity index is 1.93.